The van der Waals surface area contributed by atoms with Crippen molar-refractivity contribution in [1.29, 1.82) is 0 Å². The lowest BCUT2D eigenvalue weighted by Gasteiger charge is -2.22. The Morgan fingerprint density at radius 3 is 2.44 bits per heavy atom. The summed E-state index contributed by atoms with van der Waals surface area (Å²) in [5.74, 6) is 0. The highest BCUT2D eigenvalue weighted by Crippen LogP contribution is 2.45. The molecular formula is C16H12OS. The second-order valence-electron chi connectivity index (χ2n) is 4.21. The van der Waals surface area contributed by atoms with Crippen LogP contribution in [-0.2, 0) is 4.79 Å². The molecule has 0 radical (unpaired) electrons. The Hall–Kier alpha value is -1.80. The summed E-state index contributed by atoms with van der Waals surface area (Å²) in [5.41, 5.74) is 3.15. The smallest absolute Gasteiger partial charge is 0.147 e. The molecule has 0 aliphatic carbocycles. The molecule has 0 unspecified atom stereocenters. The van der Waals surface area contributed by atoms with E-state index in [2.05, 4.69) is 18.2 Å². The van der Waals surface area contributed by atoms with Crippen LogP contribution in [0, 0.1) is 0 Å². The van der Waals surface area contributed by atoms with E-state index in [9.17, 15) is 4.79 Å². The fraction of sp³-hybridized carbons (Fsp3) is 0.0625. The summed E-state index contributed by atoms with van der Waals surface area (Å²) in [6, 6.07) is 18.4. The number of benzene rings is 2. The van der Waals surface area contributed by atoms with Gasteiger partial charge in [0.15, 0.2) is 0 Å². The number of thioether (sulfide) groups is 1. The molecular weight excluding hydrogens is 240 g/mol. The number of rotatable bonds is 2. The third kappa shape index (κ3) is 2.00. The van der Waals surface area contributed by atoms with Gasteiger partial charge in [-0.15, -0.1) is 11.8 Å². The van der Waals surface area contributed by atoms with Crippen molar-refractivity contribution in [1.82, 2.24) is 0 Å². The molecule has 0 amide bonds. The molecule has 0 aromatic heterocycles. The van der Waals surface area contributed by atoms with Crippen LogP contribution in [0.3, 0.4) is 0 Å². The predicted octanol–water partition coefficient (Wildman–Crippen LogP) is 4.12. The Labute approximate surface area is 111 Å². The lowest BCUT2D eigenvalue weighted by atomic mass is 10.0. The minimum absolute atomic E-state index is 0.110. The molecule has 3 rings (SSSR count). The summed E-state index contributed by atoms with van der Waals surface area (Å²) in [7, 11) is 0. The van der Waals surface area contributed by atoms with Crippen LogP contribution in [0.15, 0.2) is 65.1 Å². The van der Waals surface area contributed by atoms with E-state index in [1.165, 1.54) is 10.5 Å². The standard InChI is InChI=1S/C16H12OS/c17-11-14-10-13-8-4-5-9-15(13)18-16(14)12-6-2-1-3-7-12/h1-11,16H/t16-/m1/s1. The number of hydrogen-bond acceptors (Lipinski definition) is 2. The molecule has 0 N–H and O–H groups in total. The van der Waals surface area contributed by atoms with Gasteiger partial charge in [0.2, 0.25) is 0 Å². The number of carbonyl (C=O) groups excluding carboxylic acids is 1. The second kappa shape index (κ2) is 4.83. The topological polar surface area (TPSA) is 17.1 Å². The van der Waals surface area contributed by atoms with Crippen molar-refractivity contribution in [2.24, 2.45) is 0 Å². The summed E-state index contributed by atoms with van der Waals surface area (Å²) >= 11 is 1.74. The fourth-order valence-electron chi connectivity index (χ4n) is 2.14. The lowest BCUT2D eigenvalue weighted by molar-refractivity contribution is -0.104. The third-order valence-electron chi connectivity index (χ3n) is 3.03. The minimum atomic E-state index is 0.110. The van der Waals surface area contributed by atoms with E-state index in [0.717, 1.165) is 17.4 Å². The minimum Gasteiger partial charge on any atom is -0.298 e. The number of aldehydes is 1. The van der Waals surface area contributed by atoms with Gasteiger partial charge in [-0.2, -0.15) is 0 Å². The molecule has 1 atom stereocenters. The number of carbonyl (C=O) groups is 1. The molecule has 88 valence electrons. The maximum absolute atomic E-state index is 11.3. The Kier molecular flexibility index (Phi) is 3.03. The molecule has 2 heteroatoms. The van der Waals surface area contributed by atoms with Gasteiger partial charge in [0.25, 0.3) is 0 Å². The maximum atomic E-state index is 11.3. The zero-order valence-electron chi connectivity index (χ0n) is 9.74. The molecule has 1 nitrogen and oxygen atoms in total. The van der Waals surface area contributed by atoms with Crippen molar-refractivity contribution in [3.63, 3.8) is 0 Å². The normalized spacial score (nSPS) is 17.8. The van der Waals surface area contributed by atoms with Gasteiger partial charge in [-0.1, -0.05) is 48.5 Å². The monoisotopic (exact) mass is 252 g/mol. The molecule has 1 heterocycles. The first-order valence-electron chi connectivity index (χ1n) is 5.86. The highest BCUT2D eigenvalue weighted by Gasteiger charge is 2.22. The summed E-state index contributed by atoms with van der Waals surface area (Å²) in [4.78, 5) is 12.5. The fourth-order valence-corrected chi connectivity index (χ4v) is 3.37. The third-order valence-corrected chi connectivity index (χ3v) is 4.43. The largest absolute Gasteiger partial charge is 0.298 e. The van der Waals surface area contributed by atoms with Gasteiger partial charge in [-0.05, 0) is 23.3 Å². The first-order chi connectivity index (χ1) is 8.88. The van der Waals surface area contributed by atoms with Crippen LogP contribution in [0.4, 0.5) is 0 Å². The van der Waals surface area contributed by atoms with Crippen LogP contribution in [-0.4, -0.2) is 6.29 Å². The first-order valence-corrected chi connectivity index (χ1v) is 6.74. The second-order valence-corrected chi connectivity index (χ2v) is 5.36. The van der Waals surface area contributed by atoms with E-state index in [4.69, 9.17) is 0 Å². The van der Waals surface area contributed by atoms with E-state index in [0.29, 0.717) is 0 Å². The van der Waals surface area contributed by atoms with Crippen molar-refractivity contribution >= 4 is 24.1 Å². The highest BCUT2D eigenvalue weighted by molar-refractivity contribution is 8.00. The van der Waals surface area contributed by atoms with Crippen LogP contribution in [0.5, 0.6) is 0 Å². The SMILES string of the molecule is O=CC1=Cc2ccccc2S[C@@H]1c1ccccc1. The Morgan fingerprint density at radius 2 is 1.67 bits per heavy atom. The molecule has 18 heavy (non-hydrogen) atoms. The van der Waals surface area contributed by atoms with Crippen molar-refractivity contribution in [3.05, 3.63) is 71.3 Å². The van der Waals surface area contributed by atoms with Crippen molar-refractivity contribution in [3.8, 4) is 0 Å². The number of hydrogen-bond donors (Lipinski definition) is 0. The van der Waals surface area contributed by atoms with Gasteiger partial charge in [0.05, 0.1) is 5.25 Å². The van der Waals surface area contributed by atoms with Crippen LogP contribution >= 0.6 is 11.8 Å². The van der Waals surface area contributed by atoms with E-state index in [-0.39, 0.29) is 5.25 Å². The maximum Gasteiger partial charge on any atom is 0.147 e. The van der Waals surface area contributed by atoms with Crippen molar-refractivity contribution in [2.45, 2.75) is 10.1 Å². The Morgan fingerprint density at radius 1 is 0.944 bits per heavy atom. The molecule has 0 fully saturated rings. The summed E-state index contributed by atoms with van der Waals surface area (Å²) < 4.78 is 0. The van der Waals surface area contributed by atoms with Gasteiger partial charge >= 0.3 is 0 Å². The molecule has 2 aromatic rings. The number of fused-ring (bicyclic) bond motifs is 1. The molecule has 2 aromatic carbocycles. The van der Waals surface area contributed by atoms with Gasteiger partial charge in [-0.25, -0.2) is 0 Å². The highest BCUT2D eigenvalue weighted by atomic mass is 32.2. The Balaban J connectivity index is 2.07. The molecule has 0 saturated heterocycles. The van der Waals surface area contributed by atoms with Crippen molar-refractivity contribution in [2.75, 3.05) is 0 Å². The Bertz CT molecular complexity index is 602. The zero-order valence-corrected chi connectivity index (χ0v) is 10.6. The summed E-state index contributed by atoms with van der Waals surface area (Å²) in [6.45, 7) is 0. The van der Waals surface area contributed by atoms with Crippen LogP contribution < -0.4 is 0 Å². The summed E-state index contributed by atoms with van der Waals surface area (Å²) in [5, 5.41) is 0.110. The lowest BCUT2D eigenvalue weighted by Crippen LogP contribution is -2.04. The zero-order chi connectivity index (χ0) is 12.4. The summed E-state index contributed by atoms with van der Waals surface area (Å²) in [6.07, 6.45) is 2.97. The molecule has 1 aliphatic heterocycles. The average molecular weight is 252 g/mol. The molecule has 1 aliphatic rings. The van der Waals surface area contributed by atoms with Gasteiger partial charge < -0.3 is 0 Å². The molecule has 0 saturated carbocycles. The molecule has 0 bridgehead atoms. The van der Waals surface area contributed by atoms with Crippen LogP contribution in [0.2, 0.25) is 0 Å². The van der Waals surface area contributed by atoms with E-state index < -0.39 is 0 Å². The van der Waals surface area contributed by atoms with E-state index in [1.54, 1.807) is 11.8 Å². The quantitative estimate of drug-likeness (QED) is 0.748. The first kappa shape index (κ1) is 11.3. The predicted molar refractivity (Wildman–Crippen MR) is 75.5 cm³/mol. The molecule has 0 spiro atoms. The van der Waals surface area contributed by atoms with Gasteiger partial charge in [0, 0.05) is 10.5 Å². The van der Waals surface area contributed by atoms with Crippen LogP contribution in [0.1, 0.15) is 16.4 Å². The van der Waals surface area contributed by atoms with Gasteiger partial charge in [0.1, 0.15) is 6.29 Å². The average Bonchev–Trinajstić information content (AvgIpc) is 2.46. The van der Waals surface area contributed by atoms with E-state index in [1.807, 2.05) is 42.5 Å². The van der Waals surface area contributed by atoms with Gasteiger partial charge in [-0.3, -0.25) is 4.79 Å². The van der Waals surface area contributed by atoms with Crippen molar-refractivity contribution < 1.29 is 4.79 Å². The van der Waals surface area contributed by atoms with Crippen LogP contribution in [0.25, 0.3) is 6.08 Å². The van der Waals surface area contributed by atoms with E-state index >= 15 is 0 Å².